The van der Waals surface area contributed by atoms with Crippen LogP contribution in [0, 0.1) is 11.7 Å². The van der Waals surface area contributed by atoms with E-state index in [-0.39, 0.29) is 24.2 Å². The van der Waals surface area contributed by atoms with Crippen molar-refractivity contribution >= 4 is 18.1 Å². The summed E-state index contributed by atoms with van der Waals surface area (Å²) in [6.45, 7) is 11.3. The Hall–Kier alpha value is -3.43. The normalized spacial score (nSPS) is 13.1. The maximum Gasteiger partial charge on any atom is 0.413 e. The first-order chi connectivity index (χ1) is 15.8. The van der Waals surface area contributed by atoms with Crippen LogP contribution in [-0.2, 0) is 9.47 Å². The average Bonchev–Trinajstić information content (AvgIpc) is 2.70. The molecule has 0 fully saturated rings. The second-order valence-electron chi connectivity index (χ2n) is 9.60. The third-order valence-corrected chi connectivity index (χ3v) is 4.49. The first kappa shape index (κ1) is 26.8. The van der Waals surface area contributed by atoms with Crippen molar-refractivity contribution in [1.29, 1.82) is 0 Å². The summed E-state index contributed by atoms with van der Waals surface area (Å²) in [5.74, 6) is -0.279. The minimum Gasteiger partial charge on any atom is -0.488 e. The molecule has 0 saturated carbocycles. The van der Waals surface area contributed by atoms with Gasteiger partial charge < -0.3 is 19.5 Å². The van der Waals surface area contributed by atoms with Gasteiger partial charge in [-0.25, -0.2) is 23.9 Å². The van der Waals surface area contributed by atoms with E-state index in [1.807, 2.05) is 20.8 Å². The van der Waals surface area contributed by atoms with Crippen molar-refractivity contribution in [2.75, 3.05) is 19.0 Å². The number of aromatic nitrogens is 2. The fourth-order valence-electron chi connectivity index (χ4n) is 3.33. The Kier molecular flexibility index (Phi) is 8.78. The molecule has 1 aromatic heterocycles. The number of halogens is 1. The van der Waals surface area contributed by atoms with Crippen LogP contribution in [0.3, 0.4) is 0 Å². The molecule has 1 atom stereocenters. The molecule has 2 rings (SSSR count). The van der Waals surface area contributed by atoms with Gasteiger partial charge >= 0.3 is 12.2 Å². The second kappa shape index (κ2) is 11.1. The van der Waals surface area contributed by atoms with E-state index in [1.54, 1.807) is 32.9 Å². The SMILES string of the molecule is COC(=O)Nc1nccc(-c2ccc(OCC(C)(CC(C)C)NC(=O)OC(C)(C)C)c(F)c2)n1. The highest BCUT2D eigenvalue weighted by atomic mass is 19.1. The van der Waals surface area contributed by atoms with Crippen LogP contribution in [0.4, 0.5) is 19.9 Å². The molecule has 34 heavy (non-hydrogen) atoms. The number of hydrogen-bond donors (Lipinski definition) is 2. The molecule has 10 heteroatoms. The molecule has 186 valence electrons. The smallest absolute Gasteiger partial charge is 0.413 e. The zero-order chi connectivity index (χ0) is 25.5. The van der Waals surface area contributed by atoms with Crippen LogP contribution in [0.2, 0.25) is 0 Å². The van der Waals surface area contributed by atoms with Gasteiger partial charge in [0.2, 0.25) is 5.95 Å². The average molecular weight is 477 g/mol. The molecule has 1 heterocycles. The molecule has 0 aliphatic carbocycles. The minimum atomic E-state index is -0.775. The molecule has 1 aromatic carbocycles. The lowest BCUT2D eigenvalue weighted by Crippen LogP contribution is -2.52. The quantitative estimate of drug-likeness (QED) is 0.541. The van der Waals surface area contributed by atoms with Crippen molar-refractivity contribution < 1.29 is 28.2 Å². The Morgan fingerprint density at radius 2 is 1.82 bits per heavy atom. The van der Waals surface area contributed by atoms with Crippen LogP contribution in [0.25, 0.3) is 11.3 Å². The summed E-state index contributed by atoms with van der Waals surface area (Å²) in [6, 6.07) is 6.00. The zero-order valence-corrected chi connectivity index (χ0v) is 20.7. The summed E-state index contributed by atoms with van der Waals surface area (Å²) in [4.78, 5) is 31.8. The van der Waals surface area contributed by atoms with Gasteiger partial charge in [-0.3, -0.25) is 5.32 Å². The van der Waals surface area contributed by atoms with Gasteiger partial charge in [-0.05, 0) is 64.3 Å². The van der Waals surface area contributed by atoms with E-state index < -0.39 is 29.1 Å². The van der Waals surface area contributed by atoms with Crippen molar-refractivity contribution in [3.8, 4) is 17.0 Å². The number of benzene rings is 1. The lowest BCUT2D eigenvalue weighted by atomic mass is 9.91. The highest BCUT2D eigenvalue weighted by molar-refractivity contribution is 5.82. The maximum atomic E-state index is 14.9. The molecule has 9 nitrogen and oxygen atoms in total. The van der Waals surface area contributed by atoms with Crippen LogP contribution >= 0.6 is 0 Å². The van der Waals surface area contributed by atoms with Gasteiger partial charge in [-0.1, -0.05) is 13.8 Å². The Labute approximate surface area is 199 Å². The van der Waals surface area contributed by atoms with Crippen LogP contribution < -0.4 is 15.4 Å². The van der Waals surface area contributed by atoms with Gasteiger partial charge in [0.25, 0.3) is 0 Å². The number of carbonyl (C=O) groups is 2. The van der Waals surface area contributed by atoms with Gasteiger partial charge in [0, 0.05) is 11.8 Å². The lowest BCUT2D eigenvalue weighted by molar-refractivity contribution is 0.0406. The summed E-state index contributed by atoms with van der Waals surface area (Å²) >= 11 is 0. The Bertz CT molecular complexity index is 1010. The summed E-state index contributed by atoms with van der Waals surface area (Å²) in [5.41, 5.74) is -0.540. The lowest BCUT2D eigenvalue weighted by Gasteiger charge is -2.33. The Morgan fingerprint density at radius 1 is 1.12 bits per heavy atom. The highest BCUT2D eigenvalue weighted by Crippen LogP contribution is 2.27. The van der Waals surface area contributed by atoms with Gasteiger partial charge in [-0.2, -0.15) is 0 Å². The predicted molar refractivity (Wildman–Crippen MR) is 126 cm³/mol. The number of alkyl carbamates (subject to hydrolysis) is 1. The first-order valence-electron chi connectivity index (χ1n) is 10.9. The first-order valence-corrected chi connectivity index (χ1v) is 10.9. The number of nitrogens with zero attached hydrogens (tertiary/aromatic N) is 2. The van der Waals surface area contributed by atoms with E-state index in [2.05, 4.69) is 25.3 Å². The molecule has 0 bridgehead atoms. The van der Waals surface area contributed by atoms with E-state index in [0.29, 0.717) is 17.7 Å². The van der Waals surface area contributed by atoms with Gasteiger partial charge in [0.15, 0.2) is 11.6 Å². The molecule has 0 aliphatic heterocycles. The molecule has 2 aromatic rings. The standard InChI is InChI=1S/C24H33FN4O5/c1-15(2)13-24(6,29-22(31)34-23(3,4)5)14-33-19-9-8-16(12-17(19)25)18-10-11-26-20(27-18)28-21(30)32-7/h8-12,15H,13-14H2,1-7H3,(H,29,31)(H,26,27,28,30). The molecular formula is C24H33FN4O5. The molecule has 0 radical (unpaired) electrons. The summed E-state index contributed by atoms with van der Waals surface area (Å²) in [5, 5.41) is 5.23. The summed E-state index contributed by atoms with van der Waals surface area (Å²) < 4.78 is 30.5. The number of ether oxygens (including phenoxy) is 3. The molecule has 0 aliphatic rings. The van der Waals surface area contributed by atoms with Gasteiger partial charge in [-0.15, -0.1) is 0 Å². The fraction of sp³-hybridized carbons (Fsp3) is 0.500. The summed E-state index contributed by atoms with van der Waals surface area (Å²) in [6.07, 6.45) is 0.769. The fourth-order valence-corrected chi connectivity index (χ4v) is 3.33. The Balaban J connectivity index is 2.15. The van der Waals surface area contributed by atoms with Crippen molar-refractivity contribution in [3.05, 3.63) is 36.3 Å². The van der Waals surface area contributed by atoms with Crippen molar-refractivity contribution in [1.82, 2.24) is 15.3 Å². The second-order valence-corrected chi connectivity index (χ2v) is 9.60. The monoisotopic (exact) mass is 476 g/mol. The number of methoxy groups -OCH3 is 1. The zero-order valence-electron chi connectivity index (χ0n) is 20.7. The molecule has 0 spiro atoms. The van der Waals surface area contributed by atoms with Crippen LogP contribution in [0.5, 0.6) is 5.75 Å². The molecular weight excluding hydrogens is 443 g/mol. The molecule has 0 saturated heterocycles. The van der Waals surface area contributed by atoms with Crippen LogP contribution in [-0.4, -0.2) is 47.0 Å². The van der Waals surface area contributed by atoms with Crippen molar-refractivity contribution in [2.24, 2.45) is 5.92 Å². The van der Waals surface area contributed by atoms with E-state index in [9.17, 15) is 14.0 Å². The van der Waals surface area contributed by atoms with E-state index in [4.69, 9.17) is 9.47 Å². The van der Waals surface area contributed by atoms with Gasteiger partial charge in [0.05, 0.1) is 18.3 Å². The largest absolute Gasteiger partial charge is 0.488 e. The van der Waals surface area contributed by atoms with Crippen molar-refractivity contribution in [2.45, 2.75) is 59.1 Å². The number of hydrogen-bond acceptors (Lipinski definition) is 7. The third-order valence-electron chi connectivity index (χ3n) is 4.49. The van der Waals surface area contributed by atoms with E-state index >= 15 is 0 Å². The van der Waals surface area contributed by atoms with Crippen LogP contribution in [0.1, 0.15) is 48.0 Å². The van der Waals surface area contributed by atoms with Crippen LogP contribution in [0.15, 0.2) is 30.5 Å². The van der Waals surface area contributed by atoms with Crippen molar-refractivity contribution in [3.63, 3.8) is 0 Å². The molecule has 2 N–H and O–H groups in total. The number of rotatable bonds is 8. The third kappa shape index (κ3) is 8.49. The number of amides is 2. The van der Waals surface area contributed by atoms with Gasteiger partial charge in [0.1, 0.15) is 12.2 Å². The highest BCUT2D eigenvalue weighted by Gasteiger charge is 2.31. The number of carbonyl (C=O) groups excluding carboxylic acids is 2. The Morgan fingerprint density at radius 3 is 2.41 bits per heavy atom. The predicted octanol–water partition coefficient (Wildman–Crippen LogP) is 5.17. The number of nitrogens with one attached hydrogen (secondary N) is 2. The molecule has 1 unspecified atom stereocenters. The maximum absolute atomic E-state index is 14.9. The molecule has 2 amide bonds. The number of anilines is 1. The van der Waals surface area contributed by atoms with E-state index in [1.165, 1.54) is 25.4 Å². The topological polar surface area (TPSA) is 112 Å². The van der Waals surface area contributed by atoms with E-state index in [0.717, 1.165) is 0 Å². The minimum absolute atomic E-state index is 0.0303. The summed E-state index contributed by atoms with van der Waals surface area (Å²) in [7, 11) is 1.22.